The second-order valence-corrected chi connectivity index (χ2v) is 13.0. The van der Waals surface area contributed by atoms with E-state index in [1.54, 1.807) is 6.07 Å². The molecule has 1 N–H and O–H groups in total. The molecule has 0 saturated carbocycles. The normalized spacial score (nSPS) is 28.0. The van der Waals surface area contributed by atoms with Gasteiger partial charge in [0.15, 0.2) is 0 Å². The number of rotatable bonds is 4. The van der Waals surface area contributed by atoms with Gasteiger partial charge in [0.25, 0.3) is 5.56 Å². The molecule has 3 aliphatic heterocycles. The first kappa shape index (κ1) is 29.3. The number of nitrogens with one attached hydrogen (secondary N) is 1. The van der Waals surface area contributed by atoms with E-state index in [9.17, 15) is 19.2 Å². The van der Waals surface area contributed by atoms with Crippen molar-refractivity contribution in [2.24, 2.45) is 23.7 Å². The van der Waals surface area contributed by atoms with Crippen LogP contribution in [0.2, 0.25) is 0 Å². The van der Waals surface area contributed by atoms with Crippen LogP contribution < -0.4 is 10.9 Å². The Bertz CT molecular complexity index is 1320. The van der Waals surface area contributed by atoms with Crippen molar-refractivity contribution in [3.63, 3.8) is 0 Å². The fraction of sp³-hybridized carbons (Fsp3) is 0.656. The molecule has 0 spiro atoms. The molecule has 9 heteroatoms. The number of likely N-dealkylation sites (tertiary alicyclic amines) is 1. The standard InChI is InChI=1S/C32H45N5O4/c1-21(2)26-12-11-22(3)15-31(40)37-18-23-16-24(28(37)9-6-10-29(38)34-26)19-36(17-23)30(39)13-14-35-20-33-27-8-5-4-7-25(27)32(35)41/h4-5,7-8,20-24,26,28H,6,9-19H2,1-3H3,(H,34,38)/t22-,23+,24+,26+,28+/m1/s1. The van der Waals surface area contributed by atoms with E-state index in [2.05, 4.69) is 36.0 Å². The van der Waals surface area contributed by atoms with Crippen LogP contribution in [0.15, 0.2) is 35.4 Å². The number of piperidine rings is 2. The van der Waals surface area contributed by atoms with Crippen LogP contribution in [0.3, 0.4) is 0 Å². The van der Waals surface area contributed by atoms with Gasteiger partial charge in [-0.1, -0.05) is 32.9 Å². The fourth-order valence-electron chi connectivity index (χ4n) is 7.15. The lowest BCUT2D eigenvalue weighted by Crippen LogP contribution is -2.60. The number of aromatic nitrogens is 2. The summed E-state index contributed by atoms with van der Waals surface area (Å²) < 4.78 is 1.52. The highest BCUT2D eigenvalue weighted by Gasteiger charge is 2.43. The Morgan fingerprint density at radius 3 is 2.68 bits per heavy atom. The third kappa shape index (κ3) is 6.81. The summed E-state index contributed by atoms with van der Waals surface area (Å²) in [6.07, 6.45) is 7.08. The van der Waals surface area contributed by atoms with Crippen molar-refractivity contribution >= 4 is 28.6 Å². The Labute approximate surface area is 242 Å². The van der Waals surface area contributed by atoms with Gasteiger partial charge in [-0.25, -0.2) is 4.98 Å². The van der Waals surface area contributed by atoms with Crippen LogP contribution in [0.5, 0.6) is 0 Å². The molecule has 1 aromatic carbocycles. The maximum absolute atomic E-state index is 13.6. The maximum atomic E-state index is 13.6. The molecule has 2 aromatic rings. The largest absolute Gasteiger partial charge is 0.353 e. The smallest absolute Gasteiger partial charge is 0.261 e. The highest BCUT2D eigenvalue weighted by molar-refractivity contribution is 5.79. The van der Waals surface area contributed by atoms with Crippen LogP contribution in [-0.2, 0) is 20.9 Å². The van der Waals surface area contributed by atoms with Gasteiger partial charge in [-0.3, -0.25) is 23.7 Å². The van der Waals surface area contributed by atoms with Gasteiger partial charge in [0, 0.05) is 57.5 Å². The van der Waals surface area contributed by atoms with Gasteiger partial charge in [-0.15, -0.1) is 0 Å². The summed E-state index contributed by atoms with van der Waals surface area (Å²) in [5.74, 6) is 1.43. The molecule has 3 aliphatic rings. The number of benzene rings is 1. The second kappa shape index (κ2) is 12.7. The zero-order valence-electron chi connectivity index (χ0n) is 24.8. The van der Waals surface area contributed by atoms with E-state index in [0.717, 1.165) is 32.1 Å². The SMILES string of the molecule is CC(C)[C@@H]1CC[C@@H](C)CC(=O)N2C[C@H]3C[C@@H](CN(C(=O)CCn4cnc5ccccc5c4=O)C3)[C@@H]2CCCC(=O)N1. The number of fused-ring (bicyclic) bond motifs is 5. The lowest BCUT2D eigenvalue weighted by molar-refractivity contribution is -0.146. The Hall–Kier alpha value is -3.23. The average Bonchev–Trinajstić information content (AvgIpc) is 2.95. The minimum atomic E-state index is -0.130. The topological polar surface area (TPSA) is 105 Å². The zero-order valence-corrected chi connectivity index (χ0v) is 24.8. The maximum Gasteiger partial charge on any atom is 0.261 e. The summed E-state index contributed by atoms with van der Waals surface area (Å²) in [4.78, 5) is 61.0. The van der Waals surface area contributed by atoms with E-state index in [1.165, 1.54) is 10.9 Å². The molecular formula is C32H45N5O4. The van der Waals surface area contributed by atoms with Crippen molar-refractivity contribution < 1.29 is 14.4 Å². The van der Waals surface area contributed by atoms with Gasteiger partial charge in [0.2, 0.25) is 17.7 Å². The minimum Gasteiger partial charge on any atom is -0.353 e. The predicted octanol–water partition coefficient (Wildman–Crippen LogP) is 3.59. The van der Waals surface area contributed by atoms with E-state index < -0.39 is 0 Å². The summed E-state index contributed by atoms with van der Waals surface area (Å²) in [6.45, 7) is 8.65. The zero-order chi connectivity index (χ0) is 29.1. The molecule has 3 saturated heterocycles. The number of hydrogen-bond acceptors (Lipinski definition) is 5. The number of nitrogens with zero attached hydrogens (tertiary/aromatic N) is 4. The Morgan fingerprint density at radius 2 is 1.88 bits per heavy atom. The third-order valence-corrected chi connectivity index (χ3v) is 9.49. The minimum absolute atomic E-state index is 0.0388. The van der Waals surface area contributed by atoms with Crippen LogP contribution in [-0.4, -0.2) is 68.8 Å². The molecule has 1 aromatic heterocycles. The van der Waals surface area contributed by atoms with Crippen molar-refractivity contribution in [2.45, 2.75) is 90.8 Å². The van der Waals surface area contributed by atoms with Crippen LogP contribution in [0.1, 0.15) is 72.1 Å². The Balaban J connectivity index is 1.26. The average molecular weight is 564 g/mol. The molecule has 3 amide bonds. The van der Waals surface area contributed by atoms with E-state index in [-0.39, 0.29) is 59.5 Å². The molecule has 0 aliphatic carbocycles. The van der Waals surface area contributed by atoms with E-state index in [0.29, 0.717) is 55.8 Å². The highest BCUT2D eigenvalue weighted by atomic mass is 16.2. The molecular weight excluding hydrogens is 518 g/mol. The van der Waals surface area contributed by atoms with Crippen LogP contribution in [0.4, 0.5) is 0 Å². The van der Waals surface area contributed by atoms with E-state index >= 15 is 0 Å². The van der Waals surface area contributed by atoms with Crippen molar-refractivity contribution in [3.8, 4) is 0 Å². The first-order valence-electron chi connectivity index (χ1n) is 15.5. The quantitative estimate of drug-likeness (QED) is 0.612. The first-order chi connectivity index (χ1) is 19.7. The van der Waals surface area contributed by atoms with E-state index in [4.69, 9.17) is 0 Å². The van der Waals surface area contributed by atoms with Crippen LogP contribution >= 0.6 is 0 Å². The summed E-state index contributed by atoms with van der Waals surface area (Å²) in [5, 5.41) is 3.80. The monoisotopic (exact) mass is 563 g/mol. The third-order valence-electron chi connectivity index (χ3n) is 9.49. The van der Waals surface area contributed by atoms with Gasteiger partial charge in [-0.05, 0) is 67.9 Å². The summed E-state index contributed by atoms with van der Waals surface area (Å²) in [5.41, 5.74) is 0.525. The lowest BCUT2D eigenvalue weighted by atomic mass is 9.77. The molecule has 3 fully saturated rings. The molecule has 0 unspecified atom stereocenters. The van der Waals surface area contributed by atoms with Gasteiger partial charge >= 0.3 is 0 Å². The van der Waals surface area contributed by atoms with E-state index in [1.807, 2.05) is 23.1 Å². The number of amides is 3. The van der Waals surface area contributed by atoms with Gasteiger partial charge in [0.05, 0.1) is 17.2 Å². The number of hydrogen-bond donors (Lipinski definition) is 1. The second-order valence-electron chi connectivity index (χ2n) is 13.0. The Kier molecular flexibility index (Phi) is 9.09. The number of para-hydroxylation sites is 1. The fourth-order valence-corrected chi connectivity index (χ4v) is 7.15. The molecule has 5 rings (SSSR count). The predicted molar refractivity (Wildman–Crippen MR) is 158 cm³/mol. The van der Waals surface area contributed by atoms with Gasteiger partial charge in [0.1, 0.15) is 0 Å². The van der Waals surface area contributed by atoms with Crippen molar-refractivity contribution in [1.29, 1.82) is 0 Å². The molecule has 222 valence electrons. The molecule has 5 atom stereocenters. The summed E-state index contributed by atoms with van der Waals surface area (Å²) >= 11 is 0. The first-order valence-corrected chi connectivity index (χ1v) is 15.5. The number of carbonyl (C=O) groups is 3. The number of aryl methyl sites for hydroxylation is 1. The number of carbonyl (C=O) groups excluding carboxylic acids is 3. The molecule has 9 nitrogen and oxygen atoms in total. The van der Waals surface area contributed by atoms with Crippen LogP contribution in [0.25, 0.3) is 10.9 Å². The van der Waals surface area contributed by atoms with Crippen LogP contribution in [0, 0.1) is 23.7 Å². The molecule has 4 heterocycles. The van der Waals surface area contributed by atoms with Gasteiger partial charge < -0.3 is 15.1 Å². The highest BCUT2D eigenvalue weighted by Crippen LogP contribution is 2.36. The lowest BCUT2D eigenvalue weighted by Gasteiger charge is -2.51. The van der Waals surface area contributed by atoms with Crippen molar-refractivity contribution in [1.82, 2.24) is 24.7 Å². The Morgan fingerprint density at radius 1 is 1.07 bits per heavy atom. The van der Waals surface area contributed by atoms with Gasteiger partial charge in [-0.2, -0.15) is 0 Å². The summed E-state index contributed by atoms with van der Waals surface area (Å²) in [6, 6.07) is 7.44. The molecule has 0 radical (unpaired) electrons. The van der Waals surface area contributed by atoms with Crippen molar-refractivity contribution in [3.05, 3.63) is 40.9 Å². The molecule has 2 bridgehead atoms. The van der Waals surface area contributed by atoms with Crippen molar-refractivity contribution in [2.75, 3.05) is 19.6 Å². The summed E-state index contributed by atoms with van der Waals surface area (Å²) in [7, 11) is 0. The molecule has 41 heavy (non-hydrogen) atoms.